The maximum atomic E-state index is 12.1. The van der Waals surface area contributed by atoms with Crippen molar-refractivity contribution >= 4 is 34.6 Å². The van der Waals surface area contributed by atoms with E-state index in [4.69, 9.17) is 16.3 Å². The molecule has 156 valence electrons. The number of carbonyl (C=O) groups is 1. The second kappa shape index (κ2) is 9.49. The van der Waals surface area contributed by atoms with Gasteiger partial charge in [0.25, 0.3) is 5.91 Å². The zero-order valence-electron chi connectivity index (χ0n) is 17.1. The first kappa shape index (κ1) is 20.7. The van der Waals surface area contributed by atoms with E-state index in [1.54, 1.807) is 30.5 Å². The van der Waals surface area contributed by atoms with Crippen molar-refractivity contribution in [3.05, 3.63) is 101 Å². The number of hydrogen-bond donors (Lipinski definition) is 1. The molecule has 0 fully saturated rings. The number of nitrogens with one attached hydrogen (secondary N) is 1. The molecule has 4 rings (SSSR count). The second-order valence-electron chi connectivity index (χ2n) is 7.10. The fraction of sp³-hybridized carbons (Fsp3) is 0.120. The molecular formula is C25H22ClN3O2. The lowest BCUT2D eigenvalue weighted by Crippen LogP contribution is -2.24. The van der Waals surface area contributed by atoms with Gasteiger partial charge in [0.2, 0.25) is 0 Å². The molecule has 0 saturated carbocycles. The van der Waals surface area contributed by atoms with Gasteiger partial charge >= 0.3 is 0 Å². The van der Waals surface area contributed by atoms with Gasteiger partial charge in [-0.15, -0.1) is 0 Å². The van der Waals surface area contributed by atoms with Gasteiger partial charge in [0.1, 0.15) is 5.75 Å². The van der Waals surface area contributed by atoms with Crippen molar-refractivity contribution in [2.75, 3.05) is 6.61 Å². The van der Waals surface area contributed by atoms with Gasteiger partial charge in [-0.3, -0.25) is 4.79 Å². The first-order valence-corrected chi connectivity index (χ1v) is 10.3. The second-order valence-corrected chi connectivity index (χ2v) is 7.51. The number of halogens is 1. The molecule has 0 unspecified atom stereocenters. The number of hydrogen-bond acceptors (Lipinski definition) is 3. The summed E-state index contributed by atoms with van der Waals surface area (Å²) in [4.78, 5) is 12.1. The van der Waals surface area contributed by atoms with E-state index in [0.717, 1.165) is 28.7 Å². The van der Waals surface area contributed by atoms with E-state index in [9.17, 15) is 4.79 Å². The maximum absolute atomic E-state index is 12.1. The first-order valence-electron chi connectivity index (χ1n) is 9.94. The summed E-state index contributed by atoms with van der Waals surface area (Å²) in [5.41, 5.74) is 6.92. The van der Waals surface area contributed by atoms with Crippen LogP contribution in [0.4, 0.5) is 0 Å². The fourth-order valence-electron chi connectivity index (χ4n) is 3.50. The Morgan fingerprint density at radius 1 is 1.03 bits per heavy atom. The molecule has 1 aromatic heterocycles. The van der Waals surface area contributed by atoms with Crippen LogP contribution in [0, 0.1) is 6.92 Å². The Labute approximate surface area is 185 Å². The number of fused-ring (bicyclic) bond motifs is 1. The van der Waals surface area contributed by atoms with Gasteiger partial charge in [0.15, 0.2) is 6.61 Å². The molecule has 1 heterocycles. The molecule has 0 spiro atoms. The molecule has 0 saturated heterocycles. The third-order valence-corrected chi connectivity index (χ3v) is 5.35. The zero-order chi connectivity index (χ0) is 21.6. The number of ether oxygens (including phenoxy) is 1. The molecule has 31 heavy (non-hydrogen) atoms. The van der Waals surface area contributed by atoms with E-state index in [0.29, 0.717) is 10.8 Å². The minimum atomic E-state index is -0.359. The number of rotatable bonds is 7. The van der Waals surface area contributed by atoms with Gasteiger partial charge in [-0.25, -0.2) is 5.43 Å². The molecule has 0 atom stereocenters. The highest BCUT2D eigenvalue weighted by Gasteiger charge is 2.13. The highest BCUT2D eigenvalue weighted by molar-refractivity contribution is 6.32. The average molecular weight is 432 g/mol. The van der Waals surface area contributed by atoms with Crippen molar-refractivity contribution < 1.29 is 9.53 Å². The summed E-state index contributed by atoms with van der Waals surface area (Å²) in [5.74, 6) is 0.102. The minimum absolute atomic E-state index is 0.171. The molecule has 1 N–H and O–H groups in total. The number of para-hydroxylation sites is 2. The van der Waals surface area contributed by atoms with Crippen LogP contribution in [0.15, 0.2) is 84.0 Å². The van der Waals surface area contributed by atoms with Crippen LogP contribution in [0.5, 0.6) is 5.75 Å². The van der Waals surface area contributed by atoms with Crippen molar-refractivity contribution in [3.8, 4) is 5.75 Å². The van der Waals surface area contributed by atoms with Crippen LogP contribution in [-0.4, -0.2) is 23.3 Å². The molecule has 0 aliphatic heterocycles. The SMILES string of the molecule is Cc1c(/C=N\NC(=O)COc2ccccc2Cl)c2ccccc2n1Cc1ccccc1. The van der Waals surface area contributed by atoms with E-state index in [1.807, 2.05) is 30.3 Å². The number of carbonyl (C=O) groups excluding carboxylic acids is 1. The quantitative estimate of drug-likeness (QED) is 0.324. The monoisotopic (exact) mass is 431 g/mol. The highest BCUT2D eigenvalue weighted by Crippen LogP contribution is 2.26. The largest absolute Gasteiger partial charge is 0.482 e. The van der Waals surface area contributed by atoms with Crippen molar-refractivity contribution in [1.29, 1.82) is 0 Å². The van der Waals surface area contributed by atoms with Crippen molar-refractivity contribution in [1.82, 2.24) is 9.99 Å². The van der Waals surface area contributed by atoms with E-state index in [2.05, 4.69) is 46.3 Å². The standard InChI is InChI=1S/C25H22ClN3O2/c1-18-21(15-27-28-25(30)17-31-24-14-8-6-12-22(24)26)20-11-5-7-13-23(20)29(18)16-19-9-3-2-4-10-19/h2-15H,16-17H2,1H3,(H,28,30)/b27-15-. The first-order chi connectivity index (χ1) is 15.1. The number of aromatic nitrogens is 1. The molecule has 1 amide bonds. The van der Waals surface area contributed by atoms with Crippen LogP contribution < -0.4 is 10.2 Å². The van der Waals surface area contributed by atoms with E-state index >= 15 is 0 Å². The lowest BCUT2D eigenvalue weighted by Gasteiger charge is -2.08. The molecule has 4 aromatic rings. The number of hydrazone groups is 1. The topological polar surface area (TPSA) is 55.6 Å². The molecule has 0 bridgehead atoms. The van der Waals surface area contributed by atoms with Gasteiger partial charge in [0.05, 0.1) is 11.2 Å². The van der Waals surface area contributed by atoms with Crippen LogP contribution in [-0.2, 0) is 11.3 Å². The Morgan fingerprint density at radius 3 is 2.55 bits per heavy atom. The third-order valence-electron chi connectivity index (χ3n) is 5.04. The summed E-state index contributed by atoms with van der Waals surface area (Å²) in [7, 11) is 0. The predicted octanol–water partition coefficient (Wildman–Crippen LogP) is 5.18. The van der Waals surface area contributed by atoms with Crippen molar-refractivity contribution in [2.45, 2.75) is 13.5 Å². The third kappa shape index (κ3) is 4.78. The summed E-state index contributed by atoms with van der Waals surface area (Å²) >= 11 is 6.04. The van der Waals surface area contributed by atoms with Gasteiger partial charge in [-0.1, -0.05) is 72.3 Å². The molecule has 6 heteroatoms. The molecular weight excluding hydrogens is 410 g/mol. The fourth-order valence-corrected chi connectivity index (χ4v) is 3.69. The summed E-state index contributed by atoms with van der Waals surface area (Å²) in [6.07, 6.45) is 1.69. The van der Waals surface area contributed by atoms with Gasteiger partial charge in [-0.05, 0) is 30.7 Å². The van der Waals surface area contributed by atoms with Crippen LogP contribution in [0.25, 0.3) is 10.9 Å². The Balaban J connectivity index is 1.49. The van der Waals surface area contributed by atoms with Gasteiger partial charge < -0.3 is 9.30 Å². The van der Waals surface area contributed by atoms with Crippen LogP contribution >= 0.6 is 11.6 Å². The predicted molar refractivity (Wildman–Crippen MR) is 125 cm³/mol. The Hall–Kier alpha value is -3.57. The van der Waals surface area contributed by atoms with Crippen molar-refractivity contribution in [2.24, 2.45) is 5.10 Å². The maximum Gasteiger partial charge on any atom is 0.277 e. The lowest BCUT2D eigenvalue weighted by atomic mass is 10.1. The van der Waals surface area contributed by atoms with Gasteiger partial charge in [0, 0.05) is 28.7 Å². The number of amides is 1. The molecule has 0 radical (unpaired) electrons. The molecule has 0 aliphatic carbocycles. The normalized spacial score (nSPS) is 11.2. The van der Waals surface area contributed by atoms with Crippen LogP contribution in [0.2, 0.25) is 5.02 Å². The summed E-state index contributed by atoms with van der Waals surface area (Å²) in [5, 5.41) is 5.70. The number of benzene rings is 3. The minimum Gasteiger partial charge on any atom is -0.482 e. The molecule has 0 aliphatic rings. The van der Waals surface area contributed by atoms with Crippen molar-refractivity contribution in [3.63, 3.8) is 0 Å². The number of nitrogens with zero attached hydrogens (tertiary/aromatic N) is 2. The van der Waals surface area contributed by atoms with E-state index in [-0.39, 0.29) is 12.5 Å². The smallest absolute Gasteiger partial charge is 0.277 e. The Kier molecular flexibility index (Phi) is 6.34. The van der Waals surface area contributed by atoms with E-state index < -0.39 is 0 Å². The highest BCUT2D eigenvalue weighted by atomic mass is 35.5. The Morgan fingerprint density at radius 2 is 1.74 bits per heavy atom. The summed E-state index contributed by atoms with van der Waals surface area (Å²) in [6, 6.07) is 25.5. The Bertz CT molecular complexity index is 1230. The lowest BCUT2D eigenvalue weighted by molar-refractivity contribution is -0.123. The zero-order valence-corrected chi connectivity index (χ0v) is 17.8. The summed E-state index contributed by atoms with van der Waals surface area (Å²) in [6.45, 7) is 2.65. The molecule has 3 aromatic carbocycles. The van der Waals surface area contributed by atoms with Crippen LogP contribution in [0.3, 0.4) is 0 Å². The molecule has 5 nitrogen and oxygen atoms in total. The van der Waals surface area contributed by atoms with Gasteiger partial charge in [-0.2, -0.15) is 5.10 Å². The summed E-state index contributed by atoms with van der Waals surface area (Å²) < 4.78 is 7.70. The average Bonchev–Trinajstić information content (AvgIpc) is 3.05. The van der Waals surface area contributed by atoms with E-state index in [1.165, 1.54) is 5.56 Å². The van der Waals surface area contributed by atoms with Crippen LogP contribution in [0.1, 0.15) is 16.8 Å².